The normalized spacial score (nSPS) is 13.6. The Morgan fingerprint density at radius 1 is 1.26 bits per heavy atom. The zero-order valence-electron chi connectivity index (χ0n) is 12.4. The Kier molecular flexibility index (Phi) is 4.54. The number of nitrogens with zero attached hydrogens (tertiary/aromatic N) is 1. The molecular weight excluding hydrogens is 311 g/mol. The molecule has 1 aromatic heterocycles. The van der Waals surface area contributed by atoms with Gasteiger partial charge in [0.1, 0.15) is 16.9 Å². The van der Waals surface area contributed by atoms with E-state index in [1.807, 2.05) is 0 Å². The molecule has 116 valence electrons. The van der Waals surface area contributed by atoms with E-state index >= 15 is 0 Å². The molecule has 1 aliphatic rings. The summed E-state index contributed by atoms with van der Waals surface area (Å²) in [5.74, 6) is -0.598. The van der Waals surface area contributed by atoms with Gasteiger partial charge in [-0.2, -0.15) is 5.26 Å². The highest BCUT2D eigenvalue weighted by atomic mass is 32.1. The van der Waals surface area contributed by atoms with Crippen LogP contribution in [0.5, 0.6) is 0 Å². The summed E-state index contributed by atoms with van der Waals surface area (Å²) in [6.07, 6.45) is 7.14. The standard InChI is InChI=1S/C18H15FN2OS/c19-13-8-5-12(6-9-13)7-10-17(22)21-18-15(11-20)14-3-1-2-4-16(14)23-18/h5-10H,1-4H2,(H,21,22). The Labute approximate surface area is 138 Å². The fourth-order valence-electron chi connectivity index (χ4n) is 2.67. The summed E-state index contributed by atoms with van der Waals surface area (Å²) in [5, 5.41) is 12.8. The van der Waals surface area contributed by atoms with Gasteiger partial charge in [-0.3, -0.25) is 4.79 Å². The summed E-state index contributed by atoms with van der Waals surface area (Å²) in [7, 11) is 0. The van der Waals surface area contributed by atoms with Crippen LogP contribution in [0.2, 0.25) is 0 Å². The molecule has 0 saturated heterocycles. The molecule has 1 N–H and O–H groups in total. The highest BCUT2D eigenvalue weighted by Gasteiger charge is 2.21. The number of halogens is 1. The van der Waals surface area contributed by atoms with E-state index in [4.69, 9.17) is 0 Å². The molecule has 0 spiro atoms. The van der Waals surface area contributed by atoms with Crippen molar-refractivity contribution in [2.45, 2.75) is 25.7 Å². The van der Waals surface area contributed by atoms with Crippen LogP contribution in [0.4, 0.5) is 9.39 Å². The third-order valence-electron chi connectivity index (χ3n) is 3.82. The maximum Gasteiger partial charge on any atom is 0.249 e. The minimum Gasteiger partial charge on any atom is -0.313 e. The molecule has 2 aromatic rings. The second-order valence-electron chi connectivity index (χ2n) is 5.40. The number of hydrogen-bond acceptors (Lipinski definition) is 3. The summed E-state index contributed by atoms with van der Waals surface area (Å²) in [4.78, 5) is 13.3. The Hall–Kier alpha value is -2.45. The highest BCUT2D eigenvalue weighted by Crippen LogP contribution is 2.37. The Morgan fingerprint density at radius 3 is 2.74 bits per heavy atom. The van der Waals surface area contributed by atoms with Gasteiger partial charge in [0, 0.05) is 11.0 Å². The molecule has 1 aromatic carbocycles. The summed E-state index contributed by atoms with van der Waals surface area (Å²) >= 11 is 1.50. The van der Waals surface area contributed by atoms with E-state index in [0.717, 1.165) is 36.8 Å². The first-order valence-electron chi connectivity index (χ1n) is 7.46. The first kappa shape index (κ1) is 15.4. The van der Waals surface area contributed by atoms with Crippen molar-refractivity contribution in [1.29, 1.82) is 5.26 Å². The van der Waals surface area contributed by atoms with Gasteiger partial charge in [-0.15, -0.1) is 11.3 Å². The molecule has 3 rings (SSSR count). The van der Waals surface area contributed by atoms with E-state index < -0.39 is 0 Å². The van der Waals surface area contributed by atoms with Crippen LogP contribution in [0.3, 0.4) is 0 Å². The number of thiophene rings is 1. The molecule has 0 bridgehead atoms. The number of aryl methyl sites for hydroxylation is 1. The van der Waals surface area contributed by atoms with Crippen LogP contribution in [-0.2, 0) is 17.6 Å². The third-order valence-corrected chi connectivity index (χ3v) is 5.02. The fourth-order valence-corrected chi connectivity index (χ4v) is 3.91. The van der Waals surface area contributed by atoms with E-state index in [1.165, 1.54) is 34.4 Å². The minimum atomic E-state index is -0.311. The predicted octanol–water partition coefficient (Wildman–Crippen LogP) is 4.29. The SMILES string of the molecule is N#Cc1c(NC(=O)C=Cc2ccc(F)cc2)sc2c1CCCC2. The third kappa shape index (κ3) is 3.49. The number of nitrogens with one attached hydrogen (secondary N) is 1. The molecular formula is C18H15FN2OS. The van der Waals surface area contributed by atoms with Crippen LogP contribution in [0.1, 0.15) is 34.4 Å². The molecule has 5 heteroatoms. The summed E-state index contributed by atoms with van der Waals surface area (Å²) in [6, 6.07) is 8.11. The molecule has 0 radical (unpaired) electrons. The van der Waals surface area contributed by atoms with Crippen LogP contribution < -0.4 is 5.32 Å². The molecule has 3 nitrogen and oxygen atoms in total. The van der Waals surface area contributed by atoms with E-state index in [1.54, 1.807) is 18.2 Å². The number of amides is 1. The van der Waals surface area contributed by atoms with Crippen molar-refractivity contribution in [2.75, 3.05) is 5.32 Å². The lowest BCUT2D eigenvalue weighted by Crippen LogP contribution is -2.07. The lowest BCUT2D eigenvalue weighted by atomic mass is 9.96. The molecule has 0 fully saturated rings. The number of fused-ring (bicyclic) bond motifs is 1. The first-order chi connectivity index (χ1) is 11.2. The Bertz CT molecular complexity index is 800. The molecule has 0 atom stereocenters. The molecule has 0 saturated carbocycles. The number of rotatable bonds is 3. The smallest absolute Gasteiger partial charge is 0.249 e. The second-order valence-corrected chi connectivity index (χ2v) is 6.51. The zero-order valence-corrected chi connectivity index (χ0v) is 13.3. The lowest BCUT2D eigenvalue weighted by molar-refractivity contribution is -0.111. The van der Waals surface area contributed by atoms with Crippen molar-refractivity contribution >= 4 is 28.3 Å². The predicted molar refractivity (Wildman–Crippen MR) is 89.7 cm³/mol. The molecule has 23 heavy (non-hydrogen) atoms. The quantitative estimate of drug-likeness (QED) is 0.856. The number of carbonyl (C=O) groups is 1. The van der Waals surface area contributed by atoms with Crippen molar-refractivity contribution in [3.05, 3.63) is 57.7 Å². The van der Waals surface area contributed by atoms with Crippen molar-refractivity contribution in [2.24, 2.45) is 0 Å². The summed E-state index contributed by atoms with van der Waals surface area (Å²) in [6.45, 7) is 0. The number of carbonyl (C=O) groups excluding carboxylic acids is 1. The zero-order chi connectivity index (χ0) is 16.2. The van der Waals surface area contributed by atoms with Gasteiger partial charge in [-0.25, -0.2) is 4.39 Å². The van der Waals surface area contributed by atoms with Crippen molar-refractivity contribution in [3.8, 4) is 6.07 Å². The molecule has 0 unspecified atom stereocenters. The topological polar surface area (TPSA) is 52.9 Å². The average molecular weight is 326 g/mol. The van der Waals surface area contributed by atoms with Gasteiger partial charge in [-0.1, -0.05) is 12.1 Å². The van der Waals surface area contributed by atoms with Crippen LogP contribution in [0.15, 0.2) is 30.3 Å². The maximum absolute atomic E-state index is 12.8. The maximum atomic E-state index is 12.8. The van der Waals surface area contributed by atoms with Gasteiger partial charge in [-0.05, 0) is 55.0 Å². The van der Waals surface area contributed by atoms with Crippen LogP contribution in [0.25, 0.3) is 6.08 Å². The fraction of sp³-hybridized carbons (Fsp3) is 0.222. The van der Waals surface area contributed by atoms with Gasteiger partial charge in [0.25, 0.3) is 0 Å². The summed E-state index contributed by atoms with van der Waals surface area (Å²) < 4.78 is 12.8. The van der Waals surface area contributed by atoms with Gasteiger partial charge in [0.2, 0.25) is 5.91 Å². The van der Waals surface area contributed by atoms with Crippen LogP contribution in [0, 0.1) is 17.1 Å². The Morgan fingerprint density at radius 2 is 2.00 bits per heavy atom. The van der Waals surface area contributed by atoms with Crippen molar-refractivity contribution in [3.63, 3.8) is 0 Å². The van der Waals surface area contributed by atoms with Gasteiger partial charge < -0.3 is 5.32 Å². The average Bonchev–Trinajstić information content (AvgIpc) is 2.91. The molecule has 1 heterocycles. The number of anilines is 1. The largest absolute Gasteiger partial charge is 0.313 e. The lowest BCUT2D eigenvalue weighted by Gasteiger charge is -2.09. The van der Waals surface area contributed by atoms with Crippen LogP contribution >= 0.6 is 11.3 Å². The monoisotopic (exact) mass is 326 g/mol. The Balaban J connectivity index is 1.74. The minimum absolute atomic E-state index is 0.288. The van der Waals surface area contributed by atoms with E-state index in [2.05, 4.69) is 11.4 Å². The van der Waals surface area contributed by atoms with Crippen molar-refractivity contribution < 1.29 is 9.18 Å². The van der Waals surface area contributed by atoms with E-state index in [0.29, 0.717) is 10.6 Å². The van der Waals surface area contributed by atoms with Gasteiger partial charge in [0.15, 0.2) is 0 Å². The van der Waals surface area contributed by atoms with E-state index in [9.17, 15) is 14.4 Å². The number of benzene rings is 1. The van der Waals surface area contributed by atoms with E-state index in [-0.39, 0.29) is 11.7 Å². The second kappa shape index (κ2) is 6.76. The summed E-state index contributed by atoms with van der Waals surface area (Å²) in [5.41, 5.74) is 2.45. The van der Waals surface area contributed by atoms with Crippen molar-refractivity contribution in [1.82, 2.24) is 0 Å². The molecule has 0 aliphatic heterocycles. The van der Waals surface area contributed by atoms with Crippen LogP contribution in [-0.4, -0.2) is 5.91 Å². The molecule has 1 aliphatic carbocycles. The number of hydrogen-bond donors (Lipinski definition) is 1. The van der Waals surface area contributed by atoms with Gasteiger partial charge in [0.05, 0.1) is 5.56 Å². The first-order valence-corrected chi connectivity index (χ1v) is 8.28. The number of nitriles is 1. The van der Waals surface area contributed by atoms with Gasteiger partial charge >= 0.3 is 0 Å². The highest BCUT2D eigenvalue weighted by molar-refractivity contribution is 7.16. The molecule has 1 amide bonds.